The van der Waals surface area contributed by atoms with Crippen molar-refractivity contribution < 1.29 is 4.79 Å². The number of carbonyl (C=O) groups excluding carboxylic acids is 1. The minimum Gasteiger partial charge on any atom is -0.352 e. The molecule has 2 rings (SSSR count). The van der Waals surface area contributed by atoms with Gasteiger partial charge in [-0.05, 0) is 43.5 Å². The van der Waals surface area contributed by atoms with Gasteiger partial charge in [-0.25, -0.2) is 0 Å². The Bertz CT molecular complexity index is 485. The SMILES string of the molecule is CCC(C)(C)C(=O)NCc1ccc(CN2CCCCCC2)cc1. The molecule has 1 heterocycles. The number of hydrogen-bond donors (Lipinski definition) is 1. The third-order valence-corrected chi connectivity index (χ3v) is 5.08. The number of nitrogens with zero attached hydrogens (tertiary/aromatic N) is 1. The molecule has 1 aromatic rings. The standard InChI is InChI=1S/C20H32N2O/c1-4-20(2,3)19(23)21-15-17-9-11-18(12-10-17)16-22-13-7-5-6-8-14-22/h9-12H,4-8,13-16H2,1-3H3,(H,21,23). The summed E-state index contributed by atoms with van der Waals surface area (Å²) in [5.74, 6) is 0.133. The minimum absolute atomic E-state index is 0.133. The van der Waals surface area contributed by atoms with Crippen molar-refractivity contribution in [1.82, 2.24) is 10.2 Å². The summed E-state index contributed by atoms with van der Waals surface area (Å²) < 4.78 is 0. The minimum atomic E-state index is -0.285. The molecule has 0 aliphatic carbocycles. The highest BCUT2D eigenvalue weighted by atomic mass is 16.2. The molecule has 0 atom stereocenters. The van der Waals surface area contributed by atoms with Gasteiger partial charge in [0.15, 0.2) is 0 Å². The maximum absolute atomic E-state index is 12.1. The molecule has 0 unspecified atom stereocenters. The second kappa shape index (κ2) is 8.49. The molecular weight excluding hydrogens is 284 g/mol. The molecular formula is C20H32N2O. The van der Waals surface area contributed by atoms with Crippen LogP contribution in [-0.4, -0.2) is 23.9 Å². The highest BCUT2D eigenvalue weighted by Crippen LogP contribution is 2.19. The van der Waals surface area contributed by atoms with Gasteiger partial charge in [0, 0.05) is 18.5 Å². The fourth-order valence-corrected chi connectivity index (χ4v) is 2.90. The summed E-state index contributed by atoms with van der Waals surface area (Å²) in [5, 5.41) is 3.05. The second-order valence-corrected chi connectivity index (χ2v) is 7.43. The molecule has 3 nitrogen and oxygen atoms in total. The highest BCUT2D eigenvalue weighted by molar-refractivity contribution is 5.81. The summed E-state index contributed by atoms with van der Waals surface area (Å²) in [4.78, 5) is 14.7. The van der Waals surface area contributed by atoms with Gasteiger partial charge >= 0.3 is 0 Å². The molecule has 1 saturated heterocycles. The van der Waals surface area contributed by atoms with Gasteiger partial charge in [-0.2, -0.15) is 0 Å². The Kier molecular flexibility index (Phi) is 6.64. The maximum atomic E-state index is 12.1. The first kappa shape index (κ1) is 18.0. The summed E-state index contributed by atoms with van der Waals surface area (Å²) >= 11 is 0. The quantitative estimate of drug-likeness (QED) is 0.856. The van der Waals surface area contributed by atoms with E-state index in [1.54, 1.807) is 0 Å². The number of amides is 1. The number of benzene rings is 1. The maximum Gasteiger partial charge on any atom is 0.225 e. The third kappa shape index (κ3) is 5.65. The third-order valence-electron chi connectivity index (χ3n) is 5.08. The zero-order chi connectivity index (χ0) is 16.7. The van der Waals surface area contributed by atoms with Gasteiger partial charge in [0.25, 0.3) is 0 Å². The van der Waals surface area contributed by atoms with E-state index in [4.69, 9.17) is 0 Å². The van der Waals surface area contributed by atoms with E-state index in [9.17, 15) is 4.79 Å². The smallest absolute Gasteiger partial charge is 0.225 e. The lowest BCUT2D eigenvalue weighted by molar-refractivity contribution is -0.129. The van der Waals surface area contributed by atoms with Crippen LogP contribution in [0.15, 0.2) is 24.3 Å². The molecule has 0 aromatic heterocycles. The Hall–Kier alpha value is -1.35. The van der Waals surface area contributed by atoms with Gasteiger partial charge in [0.1, 0.15) is 0 Å². The number of carbonyl (C=O) groups is 1. The van der Waals surface area contributed by atoms with Crippen molar-refractivity contribution in [2.24, 2.45) is 5.41 Å². The number of nitrogens with one attached hydrogen (secondary N) is 1. The average Bonchev–Trinajstić information content (AvgIpc) is 2.82. The van der Waals surface area contributed by atoms with E-state index in [2.05, 4.69) is 41.4 Å². The van der Waals surface area contributed by atoms with Crippen LogP contribution in [0.3, 0.4) is 0 Å². The van der Waals surface area contributed by atoms with Crippen LogP contribution in [0.1, 0.15) is 64.0 Å². The average molecular weight is 316 g/mol. The van der Waals surface area contributed by atoms with Crippen LogP contribution in [0.2, 0.25) is 0 Å². The first-order valence-electron chi connectivity index (χ1n) is 9.10. The molecule has 0 radical (unpaired) electrons. The molecule has 23 heavy (non-hydrogen) atoms. The van der Waals surface area contributed by atoms with Crippen LogP contribution in [0.25, 0.3) is 0 Å². The molecule has 1 fully saturated rings. The van der Waals surface area contributed by atoms with E-state index >= 15 is 0 Å². The van der Waals surface area contributed by atoms with Gasteiger partial charge < -0.3 is 5.32 Å². The van der Waals surface area contributed by atoms with Crippen molar-refractivity contribution >= 4 is 5.91 Å². The van der Waals surface area contributed by atoms with Crippen LogP contribution in [0.4, 0.5) is 0 Å². The van der Waals surface area contributed by atoms with E-state index in [1.165, 1.54) is 49.9 Å². The molecule has 3 heteroatoms. The largest absolute Gasteiger partial charge is 0.352 e. The van der Waals surface area contributed by atoms with Gasteiger partial charge in [-0.3, -0.25) is 9.69 Å². The predicted molar refractivity (Wildman–Crippen MR) is 96.1 cm³/mol. The van der Waals surface area contributed by atoms with E-state index in [0.29, 0.717) is 6.54 Å². The zero-order valence-corrected chi connectivity index (χ0v) is 15.0. The van der Waals surface area contributed by atoms with Crippen LogP contribution in [0, 0.1) is 5.41 Å². The normalized spacial score (nSPS) is 16.8. The fourth-order valence-electron chi connectivity index (χ4n) is 2.90. The van der Waals surface area contributed by atoms with E-state index in [-0.39, 0.29) is 11.3 Å². The Labute approximate surface area is 141 Å². The lowest BCUT2D eigenvalue weighted by Gasteiger charge is -2.22. The van der Waals surface area contributed by atoms with Gasteiger partial charge in [-0.1, -0.05) is 57.9 Å². The lowest BCUT2D eigenvalue weighted by Crippen LogP contribution is -2.35. The Balaban J connectivity index is 1.83. The van der Waals surface area contributed by atoms with Crippen molar-refractivity contribution in [2.75, 3.05) is 13.1 Å². The summed E-state index contributed by atoms with van der Waals surface area (Å²) in [6.45, 7) is 10.2. The second-order valence-electron chi connectivity index (χ2n) is 7.43. The molecule has 0 bridgehead atoms. The van der Waals surface area contributed by atoms with Crippen LogP contribution in [0.5, 0.6) is 0 Å². The van der Waals surface area contributed by atoms with Crippen molar-refractivity contribution in [3.05, 3.63) is 35.4 Å². The molecule has 0 spiro atoms. The molecule has 1 N–H and O–H groups in total. The first-order valence-corrected chi connectivity index (χ1v) is 9.10. The molecule has 1 aromatic carbocycles. The molecule has 0 saturated carbocycles. The highest BCUT2D eigenvalue weighted by Gasteiger charge is 2.24. The number of likely N-dealkylation sites (tertiary alicyclic amines) is 1. The van der Waals surface area contributed by atoms with Gasteiger partial charge in [-0.15, -0.1) is 0 Å². The molecule has 1 aliphatic heterocycles. The number of hydrogen-bond acceptors (Lipinski definition) is 2. The molecule has 1 aliphatic rings. The van der Waals surface area contributed by atoms with Crippen molar-refractivity contribution in [3.63, 3.8) is 0 Å². The predicted octanol–water partition coefficient (Wildman–Crippen LogP) is 4.12. The van der Waals surface area contributed by atoms with Crippen molar-refractivity contribution in [3.8, 4) is 0 Å². The Morgan fingerprint density at radius 3 is 2.17 bits per heavy atom. The van der Waals surface area contributed by atoms with E-state index < -0.39 is 0 Å². The summed E-state index contributed by atoms with van der Waals surface area (Å²) in [5.41, 5.74) is 2.26. The molecule has 128 valence electrons. The Morgan fingerprint density at radius 1 is 1.04 bits per heavy atom. The van der Waals surface area contributed by atoms with E-state index in [0.717, 1.165) is 13.0 Å². The Morgan fingerprint density at radius 2 is 1.61 bits per heavy atom. The topological polar surface area (TPSA) is 32.3 Å². The monoisotopic (exact) mass is 316 g/mol. The van der Waals surface area contributed by atoms with Crippen molar-refractivity contribution in [2.45, 2.75) is 66.0 Å². The zero-order valence-electron chi connectivity index (χ0n) is 15.0. The summed E-state index contributed by atoms with van der Waals surface area (Å²) in [7, 11) is 0. The van der Waals surface area contributed by atoms with Crippen LogP contribution in [-0.2, 0) is 17.9 Å². The first-order chi connectivity index (χ1) is 11.0. The lowest BCUT2D eigenvalue weighted by atomic mass is 9.89. The van der Waals surface area contributed by atoms with Gasteiger partial charge in [0.2, 0.25) is 5.91 Å². The van der Waals surface area contributed by atoms with Crippen molar-refractivity contribution in [1.29, 1.82) is 0 Å². The summed E-state index contributed by atoms with van der Waals surface area (Å²) in [6.07, 6.45) is 6.27. The molecule has 1 amide bonds. The van der Waals surface area contributed by atoms with Gasteiger partial charge in [0.05, 0.1) is 0 Å². The van der Waals surface area contributed by atoms with Crippen LogP contribution < -0.4 is 5.32 Å². The fraction of sp³-hybridized carbons (Fsp3) is 0.650. The number of rotatable bonds is 6. The van der Waals surface area contributed by atoms with E-state index in [1.807, 2.05) is 13.8 Å². The summed E-state index contributed by atoms with van der Waals surface area (Å²) in [6, 6.07) is 8.70. The van der Waals surface area contributed by atoms with Crippen LogP contribution >= 0.6 is 0 Å².